The molecule has 130 valence electrons. The zero-order valence-electron chi connectivity index (χ0n) is 13.7. The van der Waals surface area contributed by atoms with Crippen LogP contribution in [0.3, 0.4) is 0 Å². The maximum absolute atomic E-state index is 13.6. The maximum atomic E-state index is 13.6. The molecule has 26 heavy (non-hydrogen) atoms. The summed E-state index contributed by atoms with van der Waals surface area (Å²) in [5.74, 6) is 0.374. The lowest BCUT2D eigenvalue weighted by Crippen LogP contribution is -2.15. The van der Waals surface area contributed by atoms with Crippen molar-refractivity contribution >= 4 is 11.7 Å². The summed E-state index contributed by atoms with van der Waals surface area (Å²) in [6.07, 6.45) is 7.28. The number of nitrogens with one attached hydrogen (secondary N) is 1. The Kier molecular flexibility index (Phi) is 4.18. The molecule has 1 aliphatic heterocycles. The van der Waals surface area contributed by atoms with E-state index in [0.717, 1.165) is 0 Å². The number of benzene rings is 1. The van der Waals surface area contributed by atoms with E-state index in [2.05, 4.69) is 15.3 Å². The summed E-state index contributed by atoms with van der Waals surface area (Å²) in [6, 6.07) is 9.13. The second-order valence-electron chi connectivity index (χ2n) is 5.69. The van der Waals surface area contributed by atoms with Gasteiger partial charge in [-0.05, 0) is 30.3 Å². The van der Waals surface area contributed by atoms with Crippen molar-refractivity contribution in [2.75, 3.05) is 11.9 Å². The van der Waals surface area contributed by atoms with Gasteiger partial charge < -0.3 is 14.6 Å². The van der Waals surface area contributed by atoms with Crippen LogP contribution >= 0.6 is 0 Å². The van der Waals surface area contributed by atoms with Crippen LogP contribution in [0.1, 0.15) is 10.4 Å². The predicted octanol–water partition coefficient (Wildman–Crippen LogP) is 3.29. The molecule has 2 aromatic heterocycles. The van der Waals surface area contributed by atoms with E-state index in [-0.39, 0.29) is 17.9 Å². The number of hydrogen-bond donors (Lipinski definition) is 1. The Morgan fingerprint density at radius 1 is 1.19 bits per heavy atom. The summed E-state index contributed by atoms with van der Waals surface area (Å²) in [6.45, 7) is 0.810. The van der Waals surface area contributed by atoms with E-state index in [1.54, 1.807) is 18.3 Å². The second-order valence-corrected chi connectivity index (χ2v) is 5.69. The number of ether oxygens (including phenoxy) is 1. The molecule has 0 atom stereocenters. The lowest BCUT2D eigenvalue weighted by Gasteiger charge is -2.12. The molecule has 7 heteroatoms. The summed E-state index contributed by atoms with van der Waals surface area (Å²) in [7, 11) is 0. The Hall–Kier alpha value is -3.48. The average Bonchev–Trinajstić information content (AvgIpc) is 3.09. The first kappa shape index (κ1) is 16.0. The number of nitrogens with zero attached hydrogens (tertiary/aromatic N) is 3. The topological polar surface area (TPSA) is 69.0 Å². The normalized spacial score (nSPS) is 15.0. The van der Waals surface area contributed by atoms with Gasteiger partial charge in [0, 0.05) is 25.0 Å². The SMILES string of the molecule is O=C1Nc2cccc(n2)-c2nccn2C/C=C/COc2cc(F)ccc21. The number of anilines is 1. The standard InChI is InChI=1S/C19H15FN4O2/c20-13-6-7-14-16(12-13)26-11-2-1-9-24-10-8-21-18(24)15-4-3-5-17(22-15)23-19(14)25/h1-8,10,12H,9,11H2,(H,22,23,25)/b2-1+. The van der Waals surface area contributed by atoms with Crippen LogP contribution in [-0.2, 0) is 6.54 Å². The van der Waals surface area contributed by atoms with Gasteiger partial charge in [0.1, 0.15) is 29.7 Å². The van der Waals surface area contributed by atoms with Gasteiger partial charge in [-0.15, -0.1) is 0 Å². The largest absolute Gasteiger partial charge is 0.489 e. The van der Waals surface area contributed by atoms with Crippen LogP contribution in [0.5, 0.6) is 5.75 Å². The summed E-state index contributed by atoms with van der Waals surface area (Å²) < 4.78 is 21.1. The van der Waals surface area contributed by atoms with Crippen molar-refractivity contribution in [3.8, 4) is 17.3 Å². The Bertz CT molecular complexity index is 997. The average molecular weight is 350 g/mol. The van der Waals surface area contributed by atoms with Crippen LogP contribution in [0.25, 0.3) is 11.5 Å². The minimum atomic E-state index is -0.468. The second kappa shape index (κ2) is 6.79. The highest BCUT2D eigenvalue weighted by Gasteiger charge is 2.16. The Balaban J connectivity index is 1.78. The van der Waals surface area contributed by atoms with E-state index in [9.17, 15) is 9.18 Å². The molecule has 3 aromatic rings. The number of amides is 1. The van der Waals surface area contributed by atoms with Crippen molar-refractivity contribution in [2.24, 2.45) is 0 Å². The van der Waals surface area contributed by atoms with Crippen LogP contribution in [0.2, 0.25) is 0 Å². The summed E-state index contributed by atoms with van der Waals surface area (Å²) in [4.78, 5) is 21.4. The molecule has 0 fully saturated rings. The zero-order chi connectivity index (χ0) is 17.9. The lowest BCUT2D eigenvalue weighted by atomic mass is 10.2. The van der Waals surface area contributed by atoms with Crippen molar-refractivity contribution in [1.82, 2.24) is 14.5 Å². The quantitative estimate of drug-likeness (QED) is 0.632. The van der Waals surface area contributed by atoms with Crippen LogP contribution in [-0.4, -0.2) is 27.0 Å². The van der Waals surface area contributed by atoms with Crippen molar-refractivity contribution in [3.63, 3.8) is 0 Å². The molecule has 0 unspecified atom stereocenters. The number of carbonyl (C=O) groups excluding carboxylic acids is 1. The molecule has 1 amide bonds. The van der Waals surface area contributed by atoms with Gasteiger partial charge in [0.15, 0.2) is 5.82 Å². The highest BCUT2D eigenvalue weighted by molar-refractivity contribution is 6.05. The number of hydrogen-bond acceptors (Lipinski definition) is 4. The minimum absolute atomic E-state index is 0.184. The van der Waals surface area contributed by atoms with Gasteiger partial charge in [-0.25, -0.2) is 14.4 Å². The molecule has 1 aliphatic rings. The van der Waals surface area contributed by atoms with E-state index in [1.165, 1.54) is 18.2 Å². The zero-order valence-corrected chi connectivity index (χ0v) is 13.7. The number of allylic oxidation sites excluding steroid dienone is 1. The van der Waals surface area contributed by atoms with Crippen molar-refractivity contribution in [2.45, 2.75) is 6.54 Å². The summed E-state index contributed by atoms with van der Waals surface area (Å²) >= 11 is 0. The van der Waals surface area contributed by atoms with Gasteiger partial charge in [-0.3, -0.25) is 4.79 Å². The molecule has 1 N–H and O–H groups in total. The Labute approximate surface area is 149 Å². The molecule has 2 bridgehead atoms. The summed E-state index contributed by atoms with van der Waals surface area (Å²) in [5.41, 5.74) is 0.888. The van der Waals surface area contributed by atoms with Gasteiger partial charge in [0.25, 0.3) is 5.91 Å². The third-order valence-corrected chi connectivity index (χ3v) is 3.93. The predicted molar refractivity (Wildman–Crippen MR) is 94.4 cm³/mol. The highest BCUT2D eigenvalue weighted by atomic mass is 19.1. The van der Waals surface area contributed by atoms with E-state index in [4.69, 9.17) is 4.74 Å². The van der Waals surface area contributed by atoms with Gasteiger partial charge in [-0.2, -0.15) is 0 Å². The molecule has 4 rings (SSSR count). The van der Waals surface area contributed by atoms with E-state index in [0.29, 0.717) is 23.9 Å². The van der Waals surface area contributed by atoms with Crippen LogP contribution in [0, 0.1) is 5.82 Å². The van der Waals surface area contributed by atoms with Crippen LogP contribution in [0.15, 0.2) is 60.9 Å². The third kappa shape index (κ3) is 3.19. The van der Waals surface area contributed by atoms with Gasteiger partial charge in [0.05, 0.1) is 5.56 Å². The molecule has 0 radical (unpaired) electrons. The number of imidazole rings is 1. The molecule has 0 saturated heterocycles. The van der Waals surface area contributed by atoms with Gasteiger partial charge >= 0.3 is 0 Å². The van der Waals surface area contributed by atoms with Crippen LogP contribution < -0.4 is 10.1 Å². The Morgan fingerprint density at radius 2 is 2.12 bits per heavy atom. The molecular weight excluding hydrogens is 335 g/mol. The van der Waals surface area contributed by atoms with Crippen molar-refractivity contribution in [1.29, 1.82) is 0 Å². The number of pyridine rings is 1. The number of fused-ring (bicyclic) bond motifs is 5. The van der Waals surface area contributed by atoms with E-state index >= 15 is 0 Å². The van der Waals surface area contributed by atoms with Crippen molar-refractivity contribution in [3.05, 3.63) is 72.3 Å². The fourth-order valence-electron chi connectivity index (χ4n) is 2.70. The first-order valence-corrected chi connectivity index (χ1v) is 8.08. The lowest BCUT2D eigenvalue weighted by molar-refractivity contribution is 0.102. The Morgan fingerprint density at radius 3 is 3.04 bits per heavy atom. The maximum Gasteiger partial charge on any atom is 0.260 e. The first-order valence-electron chi connectivity index (χ1n) is 8.08. The van der Waals surface area contributed by atoms with E-state index < -0.39 is 11.7 Å². The number of aromatic nitrogens is 3. The van der Waals surface area contributed by atoms with E-state index in [1.807, 2.05) is 29.0 Å². The highest BCUT2D eigenvalue weighted by Crippen LogP contribution is 2.23. The molecule has 6 nitrogen and oxygen atoms in total. The fraction of sp³-hybridized carbons (Fsp3) is 0.105. The minimum Gasteiger partial charge on any atom is -0.489 e. The fourth-order valence-corrected chi connectivity index (χ4v) is 2.70. The number of halogens is 1. The molecule has 0 aliphatic carbocycles. The smallest absolute Gasteiger partial charge is 0.260 e. The molecule has 0 saturated carbocycles. The monoisotopic (exact) mass is 350 g/mol. The van der Waals surface area contributed by atoms with Gasteiger partial charge in [0.2, 0.25) is 0 Å². The van der Waals surface area contributed by atoms with Gasteiger partial charge in [-0.1, -0.05) is 12.1 Å². The third-order valence-electron chi connectivity index (χ3n) is 3.93. The molecule has 3 heterocycles. The van der Waals surface area contributed by atoms with Crippen molar-refractivity contribution < 1.29 is 13.9 Å². The molecule has 0 spiro atoms. The van der Waals surface area contributed by atoms with Crippen LogP contribution in [0.4, 0.5) is 10.2 Å². The molecular formula is C19H15FN4O2. The number of rotatable bonds is 0. The summed E-state index contributed by atoms with van der Waals surface area (Å²) in [5, 5.41) is 2.73. The molecule has 1 aromatic carbocycles. The first-order chi connectivity index (χ1) is 12.7. The number of carbonyl (C=O) groups is 1.